The van der Waals surface area contributed by atoms with E-state index < -0.39 is 17.5 Å². The van der Waals surface area contributed by atoms with Crippen LogP contribution in [0, 0.1) is 17.5 Å². The van der Waals surface area contributed by atoms with Crippen molar-refractivity contribution in [3.8, 4) is 0 Å². The summed E-state index contributed by atoms with van der Waals surface area (Å²) in [6.45, 7) is 0.875. The number of nitrogens with zero attached hydrogens (tertiary/aromatic N) is 3. The monoisotopic (exact) mass is 373 g/mol. The fourth-order valence-electron chi connectivity index (χ4n) is 3.80. The number of thiazole rings is 1. The van der Waals surface area contributed by atoms with Gasteiger partial charge in [-0.05, 0) is 30.5 Å². The minimum Gasteiger partial charge on any atom is -0.349 e. The highest BCUT2D eigenvalue weighted by Gasteiger charge is 2.37. The van der Waals surface area contributed by atoms with Crippen molar-refractivity contribution in [3.05, 3.63) is 70.8 Å². The molecule has 5 rings (SSSR count). The van der Waals surface area contributed by atoms with Crippen LogP contribution in [-0.2, 0) is 0 Å². The fourth-order valence-corrected chi connectivity index (χ4v) is 4.52. The Bertz CT molecular complexity index is 1020. The van der Waals surface area contributed by atoms with E-state index in [1.807, 2.05) is 23.2 Å². The molecule has 0 amide bonds. The van der Waals surface area contributed by atoms with Gasteiger partial charge in [0.1, 0.15) is 6.17 Å². The summed E-state index contributed by atoms with van der Waals surface area (Å²) >= 11 is 1.55. The number of benzene rings is 2. The standard InChI is InChI=1S/C19H14F3N3S/c20-14-7-13(8-15(21)18(14)22)25-9-12-2-1-5-24(12)19(25)11-3-4-16-17(6-11)26-10-23-16/h3-4,6-10,19H,1-2,5H2. The van der Waals surface area contributed by atoms with Gasteiger partial charge in [-0.2, -0.15) is 0 Å². The number of rotatable bonds is 2. The van der Waals surface area contributed by atoms with Crippen molar-refractivity contribution >= 4 is 27.2 Å². The van der Waals surface area contributed by atoms with Crippen LogP contribution in [-0.4, -0.2) is 16.4 Å². The first-order chi connectivity index (χ1) is 12.6. The van der Waals surface area contributed by atoms with Gasteiger partial charge < -0.3 is 9.80 Å². The van der Waals surface area contributed by atoms with Gasteiger partial charge in [-0.25, -0.2) is 18.2 Å². The maximum absolute atomic E-state index is 13.8. The van der Waals surface area contributed by atoms with Crippen LogP contribution >= 0.6 is 11.3 Å². The largest absolute Gasteiger partial charge is 0.349 e. The number of aromatic nitrogens is 1. The Hall–Kier alpha value is -2.54. The maximum Gasteiger partial charge on any atom is 0.194 e. The van der Waals surface area contributed by atoms with Gasteiger partial charge in [0.25, 0.3) is 0 Å². The molecule has 1 saturated heterocycles. The molecule has 1 fully saturated rings. The number of fused-ring (bicyclic) bond motifs is 2. The molecule has 2 aliphatic rings. The molecular formula is C19H14F3N3S. The van der Waals surface area contributed by atoms with Crippen molar-refractivity contribution in [2.75, 3.05) is 11.4 Å². The van der Waals surface area contributed by atoms with Crippen molar-refractivity contribution in [1.29, 1.82) is 0 Å². The zero-order valence-electron chi connectivity index (χ0n) is 13.6. The van der Waals surface area contributed by atoms with Crippen molar-refractivity contribution in [2.45, 2.75) is 19.0 Å². The van der Waals surface area contributed by atoms with Gasteiger partial charge in [0.15, 0.2) is 17.5 Å². The predicted molar refractivity (Wildman–Crippen MR) is 95.2 cm³/mol. The van der Waals surface area contributed by atoms with Gasteiger partial charge in [-0.1, -0.05) is 6.07 Å². The number of allylic oxidation sites excluding steroid dienone is 1. The third kappa shape index (κ3) is 2.30. The highest BCUT2D eigenvalue weighted by atomic mass is 32.1. The van der Waals surface area contributed by atoms with Crippen LogP contribution in [0.2, 0.25) is 0 Å². The van der Waals surface area contributed by atoms with E-state index in [-0.39, 0.29) is 6.17 Å². The van der Waals surface area contributed by atoms with Crippen molar-refractivity contribution in [3.63, 3.8) is 0 Å². The molecule has 0 spiro atoms. The first kappa shape index (κ1) is 15.7. The van der Waals surface area contributed by atoms with E-state index in [1.165, 1.54) is 0 Å². The van der Waals surface area contributed by atoms with Gasteiger partial charge in [-0.15, -0.1) is 11.3 Å². The molecule has 0 radical (unpaired) electrons. The van der Waals surface area contributed by atoms with Crippen LogP contribution < -0.4 is 4.90 Å². The third-order valence-electron chi connectivity index (χ3n) is 4.97. The van der Waals surface area contributed by atoms with E-state index in [2.05, 4.69) is 16.0 Å². The van der Waals surface area contributed by atoms with Gasteiger partial charge >= 0.3 is 0 Å². The first-order valence-electron chi connectivity index (χ1n) is 8.35. The molecule has 1 unspecified atom stereocenters. The number of anilines is 1. The Morgan fingerprint density at radius 1 is 1.08 bits per heavy atom. The molecule has 0 aliphatic carbocycles. The Balaban J connectivity index is 1.63. The van der Waals surface area contributed by atoms with Crippen LogP contribution in [0.5, 0.6) is 0 Å². The van der Waals surface area contributed by atoms with Crippen molar-refractivity contribution < 1.29 is 13.2 Å². The van der Waals surface area contributed by atoms with Crippen LogP contribution in [0.3, 0.4) is 0 Å². The zero-order chi connectivity index (χ0) is 17.8. The second kappa shape index (κ2) is 5.74. The lowest BCUT2D eigenvalue weighted by Crippen LogP contribution is -2.30. The lowest BCUT2D eigenvalue weighted by Gasteiger charge is -2.32. The minimum absolute atomic E-state index is 0.205. The van der Waals surface area contributed by atoms with E-state index in [0.717, 1.165) is 53.0 Å². The smallest absolute Gasteiger partial charge is 0.194 e. The van der Waals surface area contributed by atoms with Gasteiger partial charge in [-0.3, -0.25) is 0 Å². The molecule has 3 aromatic rings. The highest BCUT2D eigenvalue weighted by Crippen LogP contribution is 2.44. The van der Waals surface area contributed by atoms with E-state index in [9.17, 15) is 13.2 Å². The topological polar surface area (TPSA) is 19.4 Å². The number of hydrogen-bond acceptors (Lipinski definition) is 4. The Morgan fingerprint density at radius 2 is 1.88 bits per heavy atom. The fraction of sp³-hybridized carbons (Fsp3) is 0.211. The predicted octanol–water partition coefficient (Wildman–Crippen LogP) is 5.17. The zero-order valence-corrected chi connectivity index (χ0v) is 14.4. The maximum atomic E-state index is 13.8. The summed E-state index contributed by atoms with van der Waals surface area (Å²) in [5.74, 6) is -3.80. The molecule has 2 aromatic carbocycles. The molecule has 7 heteroatoms. The van der Waals surface area contributed by atoms with Crippen molar-refractivity contribution in [1.82, 2.24) is 9.88 Å². The summed E-state index contributed by atoms with van der Waals surface area (Å²) in [5, 5.41) is 0. The molecule has 3 heterocycles. The molecule has 3 nitrogen and oxygen atoms in total. The Kier molecular flexibility index (Phi) is 3.46. The molecule has 26 heavy (non-hydrogen) atoms. The summed E-state index contributed by atoms with van der Waals surface area (Å²) in [7, 11) is 0. The average molecular weight is 373 g/mol. The molecule has 0 saturated carbocycles. The van der Waals surface area contributed by atoms with E-state index in [4.69, 9.17) is 0 Å². The van der Waals surface area contributed by atoms with Gasteiger partial charge in [0, 0.05) is 36.3 Å². The van der Waals surface area contributed by atoms with Crippen LogP contribution in [0.15, 0.2) is 47.7 Å². The minimum atomic E-state index is -1.44. The highest BCUT2D eigenvalue weighted by molar-refractivity contribution is 7.16. The average Bonchev–Trinajstić information content (AvgIpc) is 3.33. The lowest BCUT2D eigenvalue weighted by molar-refractivity contribution is 0.319. The molecule has 1 aromatic heterocycles. The molecule has 2 aliphatic heterocycles. The molecular weight excluding hydrogens is 359 g/mol. The van der Waals surface area contributed by atoms with Crippen LogP contribution in [0.4, 0.5) is 18.9 Å². The SMILES string of the molecule is Fc1cc(N2C=C3CCCN3C2c2ccc3ncsc3c2)cc(F)c1F. The normalized spacial score (nSPS) is 19.3. The van der Waals surface area contributed by atoms with Crippen molar-refractivity contribution in [2.24, 2.45) is 0 Å². The number of halogens is 3. The molecule has 0 bridgehead atoms. The van der Waals surface area contributed by atoms with E-state index in [1.54, 1.807) is 16.8 Å². The molecule has 132 valence electrons. The summed E-state index contributed by atoms with van der Waals surface area (Å²) in [6.07, 6.45) is 3.68. The summed E-state index contributed by atoms with van der Waals surface area (Å²) in [6, 6.07) is 8.12. The third-order valence-corrected chi connectivity index (χ3v) is 5.76. The second-order valence-electron chi connectivity index (χ2n) is 6.50. The first-order valence-corrected chi connectivity index (χ1v) is 9.23. The second-order valence-corrected chi connectivity index (χ2v) is 7.39. The van der Waals surface area contributed by atoms with E-state index in [0.29, 0.717) is 5.69 Å². The Labute approximate surface area is 152 Å². The lowest BCUT2D eigenvalue weighted by atomic mass is 10.1. The van der Waals surface area contributed by atoms with Gasteiger partial charge in [0.05, 0.1) is 15.7 Å². The quantitative estimate of drug-likeness (QED) is 0.578. The van der Waals surface area contributed by atoms with E-state index >= 15 is 0 Å². The Morgan fingerprint density at radius 3 is 2.69 bits per heavy atom. The summed E-state index contributed by atoms with van der Waals surface area (Å²) in [4.78, 5) is 8.36. The number of hydrogen-bond donors (Lipinski definition) is 0. The summed E-state index contributed by atoms with van der Waals surface area (Å²) < 4.78 is 42.0. The molecule has 0 N–H and O–H groups in total. The van der Waals surface area contributed by atoms with Crippen LogP contribution in [0.25, 0.3) is 10.2 Å². The van der Waals surface area contributed by atoms with Crippen LogP contribution in [0.1, 0.15) is 24.6 Å². The summed E-state index contributed by atoms with van der Waals surface area (Å²) in [5.41, 5.74) is 5.17. The molecule has 1 atom stereocenters. The van der Waals surface area contributed by atoms with Gasteiger partial charge in [0.2, 0.25) is 0 Å².